The smallest absolute Gasteiger partial charge is 0.164 e. The molecular weight excluding hydrogens is 248 g/mol. The van der Waals surface area contributed by atoms with Crippen molar-refractivity contribution in [3.63, 3.8) is 0 Å². The van der Waals surface area contributed by atoms with Crippen molar-refractivity contribution in [1.29, 1.82) is 0 Å². The molecule has 5 atom stereocenters. The lowest BCUT2D eigenvalue weighted by atomic mass is 9.50. The van der Waals surface area contributed by atoms with Gasteiger partial charge in [-0.05, 0) is 48.1 Å². The first-order valence-corrected chi connectivity index (χ1v) is 7.66. The van der Waals surface area contributed by atoms with E-state index < -0.39 is 0 Å². The lowest BCUT2D eigenvalue weighted by molar-refractivity contribution is 0.174. The van der Waals surface area contributed by atoms with Crippen LogP contribution in [0.5, 0.6) is 11.5 Å². The van der Waals surface area contributed by atoms with Crippen LogP contribution in [-0.4, -0.2) is 12.2 Å². The summed E-state index contributed by atoms with van der Waals surface area (Å²) in [4.78, 5) is 0. The lowest BCUT2D eigenvalue weighted by Gasteiger charge is -2.53. The molecule has 1 saturated carbocycles. The summed E-state index contributed by atoms with van der Waals surface area (Å²) in [5.74, 6) is 3.71. The van der Waals surface area contributed by atoms with Gasteiger partial charge in [0, 0.05) is 11.0 Å². The van der Waals surface area contributed by atoms with Crippen LogP contribution < -0.4 is 4.74 Å². The van der Waals surface area contributed by atoms with Crippen LogP contribution in [0.4, 0.5) is 0 Å². The van der Waals surface area contributed by atoms with E-state index >= 15 is 0 Å². The van der Waals surface area contributed by atoms with E-state index in [1.807, 2.05) is 0 Å². The number of rotatable bonds is 2. The van der Waals surface area contributed by atoms with Crippen molar-refractivity contribution in [2.75, 3.05) is 7.11 Å². The normalized spacial score (nSPS) is 40.5. The number of phenolic OH excluding ortho intramolecular Hbond substituents is 1. The van der Waals surface area contributed by atoms with Crippen molar-refractivity contribution in [2.24, 2.45) is 17.8 Å². The third kappa shape index (κ3) is 1.25. The Morgan fingerprint density at radius 2 is 2.05 bits per heavy atom. The van der Waals surface area contributed by atoms with Crippen molar-refractivity contribution < 1.29 is 9.84 Å². The maximum absolute atomic E-state index is 9.97. The summed E-state index contributed by atoms with van der Waals surface area (Å²) >= 11 is 0. The molecule has 0 aliphatic heterocycles. The summed E-state index contributed by atoms with van der Waals surface area (Å²) < 4.78 is 5.43. The third-order valence-electron chi connectivity index (χ3n) is 6.34. The van der Waals surface area contributed by atoms with E-state index in [0.29, 0.717) is 11.7 Å². The molecule has 3 aliphatic rings. The standard InChI is InChI=1S/C18H22O2/c1-10-16-13(6-7-15(19)17(16)20-3)18(10,2)14-9-11-4-5-12(14)8-11/h4-7,10-12,14,19H,8-9H2,1-3H3/t10-,11?,12?,14?,18-/m1/s1. The minimum atomic E-state index is 0.237. The quantitative estimate of drug-likeness (QED) is 0.823. The van der Waals surface area contributed by atoms with Crippen molar-refractivity contribution in [2.45, 2.75) is 38.0 Å². The van der Waals surface area contributed by atoms with E-state index in [0.717, 1.165) is 17.8 Å². The number of fused-ring (bicyclic) bond motifs is 3. The SMILES string of the molecule is COc1c(O)ccc2c1[C@@H](C)[C@@]2(C)C1CC2C=CC1C2. The number of benzene rings is 1. The molecule has 1 fully saturated rings. The molecule has 1 aromatic rings. The highest BCUT2D eigenvalue weighted by atomic mass is 16.5. The molecule has 3 aliphatic carbocycles. The fourth-order valence-electron chi connectivity index (χ4n) is 5.15. The number of allylic oxidation sites excluding steroid dienone is 2. The van der Waals surface area contributed by atoms with Crippen LogP contribution in [0, 0.1) is 17.8 Å². The second kappa shape index (κ2) is 3.81. The Balaban J connectivity index is 1.80. The maximum atomic E-state index is 9.97. The fourth-order valence-corrected chi connectivity index (χ4v) is 5.15. The van der Waals surface area contributed by atoms with Crippen molar-refractivity contribution >= 4 is 0 Å². The van der Waals surface area contributed by atoms with Gasteiger partial charge in [0.1, 0.15) is 0 Å². The maximum Gasteiger partial charge on any atom is 0.164 e. The summed E-state index contributed by atoms with van der Waals surface area (Å²) in [6, 6.07) is 3.91. The molecule has 0 aromatic heterocycles. The highest BCUT2D eigenvalue weighted by Gasteiger charge is 2.56. The Morgan fingerprint density at radius 3 is 2.65 bits per heavy atom. The van der Waals surface area contributed by atoms with Gasteiger partial charge in [-0.25, -0.2) is 0 Å². The molecule has 20 heavy (non-hydrogen) atoms. The molecule has 1 N–H and O–H groups in total. The molecule has 4 rings (SSSR count). The number of aromatic hydroxyl groups is 1. The van der Waals surface area contributed by atoms with Gasteiger partial charge in [-0.15, -0.1) is 0 Å². The molecule has 0 spiro atoms. The topological polar surface area (TPSA) is 29.5 Å². The highest BCUT2D eigenvalue weighted by molar-refractivity contribution is 5.62. The summed E-state index contributed by atoms with van der Waals surface area (Å²) in [5, 5.41) is 9.97. The number of ether oxygens (including phenoxy) is 1. The van der Waals surface area contributed by atoms with Gasteiger partial charge in [0.05, 0.1) is 7.11 Å². The predicted octanol–water partition coefficient (Wildman–Crippen LogP) is 3.99. The van der Waals surface area contributed by atoms with E-state index in [4.69, 9.17) is 4.74 Å². The van der Waals surface area contributed by atoms with Crippen molar-refractivity contribution in [3.05, 3.63) is 35.4 Å². The minimum absolute atomic E-state index is 0.237. The summed E-state index contributed by atoms with van der Waals surface area (Å²) in [5.41, 5.74) is 2.85. The first-order chi connectivity index (χ1) is 9.57. The second-order valence-corrected chi connectivity index (χ2v) is 6.97. The Labute approximate surface area is 120 Å². The van der Waals surface area contributed by atoms with Crippen molar-refractivity contribution in [1.82, 2.24) is 0 Å². The number of phenols is 1. The average molecular weight is 270 g/mol. The van der Waals surface area contributed by atoms with Gasteiger partial charge in [-0.2, -0.15) is 0 Å². The first kappa shape index (κ1) is 12.3. The van der Waals surface area contributed by atoms with Crippen LogP contribution >= 0.6 is 0 Å². The molecule has 0 radical (unpaired) electrons. The zero-order valence-corrected chi connectivity index (χ0v) is 12.4. The van der Waals surface area contributed by atoms with Crippen LogP contribution in [0.1, 0.15) is 43.7 Å². The van der Waals surface area contributed by atoms with Gasteiger partial charge in [-0.3, -0.25) is 0 Å². The van der Waals surface area contributed by atoms with Gasteiger partial charge in [0.25, 0.3) is 0 Å². The fraction of sp³-hybridized carbons (Fsp3) is 0.556. The predicted molar refractivity (Wildman–Crippen MR) is 79.3 cm³/mol. The zero-order chi connectivity index (χ0) is 14.1. The van der Waals surface area contributed by atoms with Crippen molar-refractivity contribution in [3.8, 4) is 11.5 Å². The Morgan fingerprint density at radius 1 is 1.25 bits per heavy atom. The van der Waals surface area contributed by atoms with Gasteiger partial charge < -0.3 is 9.84 Å². The molecule has 0 saturated heterocycles. The summed E-state index contributed by atoms with van der Waals surface area (Å²) in [6.45, 7) is 4.70. The molecule has 2 nitrogen and oxygen atoms in total. The van der Waals surface area contributed by atoms with E-state index in [1.54, 1.807) is 13.2 Å². The Kier molecular flexibility index (Phi) is 2.34. The van der Waals surface area contributed by atoms with Crippen LogP contribution in [0.3, 0.4) is 0 Å². The Hall–Kier alpha value is -1.44. The van der Waals surface area contributed by atoms with E-state index in [1.165, 1.54) is 24.0 Å². The van der Waals surface area contributed by atoms with E-state index in [9.17, 15) is 5.11 Å². The van der Waals surface area contributed by atoms with Crippen LogP contribution in [-0.2, 0) is 5.41 Å². The second-order valence-electron chi connectivity index (χ2n) is 6.97. The molecule has 2 heteroatoms. The largest absolute Gasteiger partial charge is 0.504 e. The van der Waals surface area contributed by atoms with Gasteiger partial charge in [-0.1, -0.05) is 32.1 Å². The third-order valence-corrected chi connectivity index (χ3v) is 6.34. The molecule has 2 bridgehead atoms. The number of methoxy groups -OCH3 is 1. The van der Waals surface area contributed by atoms with E-state index in [2.05, 4.69) is 32.1 Å². The molecular formula is C18H22O2. The molecule has 1 aromatic carbocycles. The molecule has 0 amide bonds. The molecule has 3 unspecified atom stereocenters. The average Bonchev–Trinajstić information content (AvgIpc) is 3.08. The molecule has 106 valence electrons. The lowest BCUT2D eigenvalue weighted by Crippen LogP contribution is -2.47. The Bertz CT molecular complexity index is 604. The van der Waals surface area contributed by atoms with Crippen LogP contribution in [0.2, 0.25) is 0 Å². The summed E-state index contributed by atoms with van der Waals surface area (Å²) in [7, 11) is 1.65. The van der Waals surface area contributed by atoms with E-state index in [-0.39, 0.29) is 11.2 Å². The monoisotopic (exact) mass is 270 g/mol. The van der Waals surface area contributed by atoms with Gasteiger partial charge in [0.2, 0.25) is 0 Å². The first-order valence-electron chi connectivity index (χ1n) is 7.66. The van der Waals surface area contributed by atoms with Gasteiger partial charge in [0.15, 0.2) is 11.5 Å². The van der Waals surface area contributed by atoms with Crippen LogP contribution in [0.15, 0.2) is 24.3 Å². The number of hydrogen-bond donors (Lipinski definition) is 1. The summed E-state index contributed by atoms with van der Waals surface area (Å²) in [6.07, 6.45) is 7.51. The molecule has 0 heterocycles. The van der Waals surface area contributed by atoms with Gasteiger partial charge >= 0.3 is 0 Å². The highest BCUT2D eigenvalue weighted by Crippen LogP contribution is 2.65. The van der Waals surface area contributed by atoms with Crippen LogP contribution in [0.25, 0.3) is 0 Å². The number of hydrogen-bond acceptors (Lipinski definition) is 2. The minimum Gasteiger partial charge on any atom is -0.504 e. The zero-order valence-electron chi connectivity index (χ0n) is 12.4.